The molecule has 1 atom stereocenters. The zero-order valence-electron chi connectivity index (χ0n) is 14.1. The Labute approximate surface area is 159 Å². The van der Waals surface area contributed by atoms with Crippen molar-refractivity contribution in [1.82, 2.24) is 19.8 Å². The number of thioether (sulfide) groups is 1. The number of nitrogens with zero attached hydrogens (tertiary/aromatic N) is 3. The van der Waals surface area contributed by atoms with Crippen molar-refractivity contribution in [2.45, 2.75) is 19.4 Å². The van der Waals surface area contributed by atoms with Crippen LogP contribution in [0.3, 0.4) is 0 Å². The number of carbonyl (C=O) groups is 3. The second kappa shape index (κ2) is 8.33. The first kappa shape index (κ1) is 18.4. The quantitative estimate of drug-likeness (QED) is 0.735. The third-order valence-corrected chi connectivity index (χ3v) is 5.59. The minimum absolute atomic E-state index is 0.0107. The molecule has 0 aliphatic carbocycles. The Balaban J connectivity index is 1.48. The summed E-state index contributed by atoms with van der Waals surface area (Å²) in [5.41, 5.74) is 0. The van der Waals surface area contributed by atoms with Gasteiger partial charge in [-0.15, -0.1) is 11.3 Å². The van der Waals surface area contributed by atoms with E-state index in [2.05, 4.69) is 10.3 Å². The molecule has 3 amide bonds. The lowest BCUT2D eigenvalue weighted by Gasteiger charge is -2.15. The third-order valence-electron chi connectivity index (χ3n) is 3.86. The number of hydrogen-bond acceptors (Lipinski definition) is 6. The molecular formula is C17H18N4O3S2. The molecule has 0 saturated carbocycles. The number of hydrogen-bond donors (Lipinski definition) is 1. The molecule has 1 fully saturated rings. The van der Waals surface area contributed by atoms with E-state index < -0.39 is 0 Å². The molecule has 0 aromatic carbocycles. The van der Waals surface area contributed by atoms with Crippen molar-refractivity contribution in [3.8, 4) is 0 Å². The van der Waals surface area contributed by atoms with Gasteiger partial charge in [-0.2, -0.15) is 0 Å². The molecule has 1 aliphatic heterocycles. The number of amides is 3. The molecule has 1 aliphatic rings. The van der Waals surface area contributed by atoms with Crippen LogP contribution in [0.1, 0.15) is 24.3 Å². The Hall–Kier alpha value is -2.39. The summed E-state index contributed by atoms with van der Waals surface area (Å²) >= 11 is 2.44. The van der Waals surface area contributed by atoms with E-state index in [1.807, 2.05) is 29.0 Å². The number of imide groups is 1. The van der Waals surface area contributed by atoms with Crippen molar-refractivity contribution in [3.63, 3.8) is 0 Å². The van der Waals surface area contributed by atoms with E-state index in [0.29, 0.717) is 11.3 Å². The smallest absolute Gasteiger partial charge is 0.293 e. The number of thiophene rings is 1. The highest BCUT2D eigenvalue weighted by Gasteiger charge is 2.34. The maximum absolute atomic E-state index is 12.3. The topological polar surface area (TPSA) is 84.3 Å². The highest BCUT2D eigenvalue weighted by Crippen LogP contribution is 2.32. The molecule has 136 valence electrons. The van der Waals surface area contributed by atoms with Gasteiger partial charge in [0.1, 0.15) is 0 Å². The number of carbonyl (C=O) groups excluding carboxylic acids is 3. The molecule has 3 heterocycles. The van der Waals surface area contributed by atoms with Crippen LogP contribution in [-0.4, -0.2) is 44.6 Å². The fourth-order valence-electron chi connectivity index (χ4n) is 2.48. The summed E-state index contributed by atoms with van der Waals surface area (Å²) in [5.74, 6) is -0.443. The van der Waals surface area contributed by atoms with Gasteiger partial charge in [0.05, 0.1) is 11.2 Å². The average molecular weight is 390 g/mol. The average Bonchev–Trinajstić information content (AvgIpc) is 3.34. The summed E-state index contributed by atoms with van der Waals surface area (Å²) < 4.78 is 1.85. The molecule has 0 radical (unpaired) electrons. The van der Waals surface area contributed by atoms with E-state index in [4.69, 9.17) is 0 Å². The van der Waals surface area contributed by atoms with E-state index in [1.54, 1.807) is 24.8 Å². The third kappa shape index (κ3) is 4.41. The summed E-state index contributed by atoms with van der Waals surface area (Å²) in [7, 11) is 0. The first-order valence-corrected chi connectivity index (χ1v) is 9.77. The van der Waals surface area contributed by atoms with Gasteiger partial charge in [0.2, 0.25) is 5.91 Å². The van der Waals surface area contributed by atoms with Crippen molar-refractivity contribution >= 4 is 46.2 Å². The Bertz CT molecular complexity index is 815. The van der Waals surface area contributed by atoms with Gasteiger partial charge in [0.25, 0.3) is 11.1 Å². The van der Waals surface area contributed by atoms with Crippen LogP contribution >= 0.6 is 23.1 Å². The van der Waals surface area contributed by atoms with Gasteiger partial charge in [0, 0.05) is 42.8 Å². The van der Waals surface area contributed by atoms with E-state index in [0.717, 1.165) is 16.6 Å². The van der Waals surface area contributed by atoms with Crippen LogP contribution in [0.15, 0.2) is 41.1 Å². The van der Waals surface area contributed by atoms with Crippen molar-refractivity contribution in [2.24, 2.45) is 0 Å². The van der Waals surface area contributed by atoms with Crippen LogP contribution in [0, 0.1) is 0 Å². The zero-order valence-corrected chi connectivity index (χ0v) is 15.8. The Morgan fingerprint density at radius 1 is 1.42 bits per heavy atom. The summed E-state index contributed by atoms with van der Waals surface area (Å²) in [6, 6.07) is 3.77. The predicted octanol–water partition coefficient (Wildman–Crippen LogP) is 2.75. The normalized spacial score (nSPS) is 17.1. The molecule has 2 aromatic rings. The predicted molar refractivity (Wildman–Crippen MR) is 102 cm³/mol. The molecule has 3 rings (SSSR count). The molecule has 9 heteroatoms. The molecule has 0 spiro atoms. The fraction of sp³-hybridized carbons (Fsp3) is 0.294. The summed E-state index contributed by atoms with van der Waals surface area (Å²) in [6.45, 7) is 2.32. The van der Waals surface area contributed by atoms with Gasteiger partial charge < -0.3 is 9.88 Å². The lowest BCUT2D eigenvalue weighted by Crippen LogP contribution is -2.37. The molecular weight excluding hydrogens is 372 g/mol. The van der Waals surface area contributed by atoms with Crippen molar-refractivity contribution in [2.75, 3.05) is 13.1 Å². The lowest BCUT2D eigenvalue weighted by atomic mass is 10.2. The SMILES string of the molecule is CC(CC(=O)NCCN1C(=O)S/C(=C/c2cccs2)C1=O)n1ccnc1. The molecule has 1 N–H and O–H groups in total. The van der Waals surface area contributed by atoms with E-state index in [1.165, 1.54) is 16.2 Å². The van der Waals surface area contributed by atoms with Crippen LogP contribution in [0.5, 0.6) is 0 Å². The second-order valence-corrected chi connectivity index (χ2v) is 7.73. The maximum Gasteiger partial charge on any atom is 0.293 e. The van der Waals surface area contributed by atoms with Crippen LogP contribution in [0.2, 0.25) is 0 Å². The maximum atomic E-state index is 12.3. The van der Waals surface area contributed by atoms with Crippen molar-refractivity contribution in [3.05, 3.63) is 46.0 Å². The minimum atomic E-state index is -0.311. The zero-order chi connectivity index (χ0) is 18.5. The Morgan fingerprint density at radius 2 is 2.27 bits per heavy atom. The van der Waals surface area contributed by atoms with Gasteiger partial charge in [-0.3, -0.25) is 19.3 Å². The Kier molecular flexibility index (Phi) is 5.89. The van der Waals surface area contributed by atoms with E-state index >= 15 is 0 Å². The van der Waals surface area contributed by atoms with Gasteiger partial charge in [-0.1, -0.05) is 6.07 Å². The fourth-order valence-corrected chi connectivity index (χ4v) is 4.07. The number of rotatable bonds is 7. The van der Waals surface area contributed by atoms with Gasteiger partial charge in [-0.05, 0) is 36.2 Å². The summed E-state index contributed by atoms with van der Waals surface area (Å²) in [5, 5.41) is 4.36. The summed E-state index contributed by atoms with van der Waals surface area (Å²) in [4.78, 5) is 42.9. The van der Waals surface area contributed by atoms with Crippen LogP contribution < -0.4 is 5.32 Å². The molecule has 1 unspecified atom stereocenters. The molecule has 0 bridgehead atoms. The van der Waals surface area contributed by atoms with Crippen LogP contribution in [0.4, 0.5) is 4.79 Å². The Morgan fingerprint density at radius 3 is 2.96 bits per heavy atom. The number of aromatic nitrogens is 2. The monoisotopic (exact) mass is 390 g/mol. The van der Waals surface area contributed by atoms with E-state index in [-0.39, 0.29) is 36.2 Å². The molecule has 2 aromatic heterocycles. The lowest BCUT2D eigenvalue weighted by molar-refractivity contribution is -0.124. The molecule has 1 saturated heterocycles. The first-order valence-electron chi connectivity index (χ1n) is 8.07. The first-order chi connectivity index (χ1) is 12.5. The van der Waals surface area contributed by atoms with Crippen LogP contribution in [0.25, 0.3) is 6.08 Å². The van der Waals surface area contributed by atoms with Crippen molar-refractivity contribution < 1.29 is 14.4 Å². The van der Waals surface area contributed by atoms with Crippen molar-refractivity contribution in [1.29, 1.82) is 0 Å². The minimum Gasteiger partial charge on any atom is -0.354 e. The standard InChI is InChI=1S/C17H18N4O3S2/c1-12(20-6-4-18-11-20)9-15(22)19-5-7-21-16(23)14(26-17(21)24)10-13-3-2-8-25-13/h2-4,6,8,10-12H,5,7,9H2,1H3,(H,19,22)/b14-10+. The molecule has 7 nitrogen and oxygen atoms in total. The van der Waals surface area contributed by atoms with Gasteiger partial charge in [0.15, 0.2) is 0 Å². The van der Waals surface area contributed by atoms with Gasteiger partial charge >= 0.3 is 0 Å². The highest BCUT2D eigenvalue weighted by molar-refractivity contribution is 8.18. The van der Waals surface area contributed by atoms with Crippen LogP contribution in [-0.2, 0) is 9.59 Å². The molecule has 26 heavy (non-hydrogen) atoms. The largest absolute Gasteiger partial charge is 0.354 e. The number of imidazole rings is 1. The van der Waals surface area contributed by atoms with E-state index in [9.17, 15) is 14.4 Å². The highest BCUT2D eigenvalue weighted by atomic mass is 32.2. The summed E-state index contributed by atoms with van der Waals surface area (Å²) in [6.07, 6.45) is 7.16. The van der Waals surface area contributed by atoms with Gasteiger partial charge in [-0.25, -0.2) is 4.98 Å². The number of nitrogens with one attached hydrogen (secondary N) is 1. The second-order valence-electron chi connectivity index (χ2n) is 5.76.